The lowest BCUT2D eigenvalue weighted by atomic mass is 10.1. The molecule has 3 rings (SSSR count). The van der Waals surface area contributed by atoms with Crippen LogP contribution in [0.3, 0.4) is 0 Å². The number of hydrogen-bond donors (Lipinski definition) is 2. The smallest absolute Gasteiger partial charge is 0.410 e. The first kappa shape index (κ1) is 18.9. The number of aromatic nitrogens is 2. The van der Waals surface area contributed by atoms with Gasteiger partial charge in [-0.05, 0) is 33.3 Å². The van der Waals surface area contributed by atoms with Gasteiger partial charge in [0.1, 0.15) is 5.60 Å². The van der Waals surface area contributed by atoms with Gasteiger partial charge in [0.15, 0.2) is 5.69 Å². The predicted molar refractivity (Wildman–Crippen MR) is 101 cm³/mol. The third-order valence-electron chi connectivity index (χ3n) is 4.37. The van der Waals surface area contributed by atoms with E-state index < -0.39 is 5.60 Å². The standard InChI is InChI=1S/C20H26N4O3/c1-13-5-7-14(8-6-13)11-21-18(25)17-15-12-24(10-9-16(15)22-23-17)19(26)27-20(2,3)4/h5-8H,9-12H2,1-4H3,(H,21,25)(H,22,23). The van der Waals surface area contributed by atoms with E-state index >= 15 is 0 Å². The first-order valence-electron chi connectivity index (χ1n) is 9.11. The largest absolute Gasteiger partial charge is 0.444 e. The Morgan fingerprint density at radius 1 is 1.26 bits per heavy atom. The van der Waals surface area contributed by atoms with Crippen molar-refractivity contribution in [2.45, 2.75) is 52.8 Å². The number of rotatable bonds is 3. The minimum absolute atomic E-state index is 0.251. The van der Waals surface area contributed by atoms with E-state index in [0.717, 1.165) is 16.8 Å². The molecule has 1 aliphatic rings. The second-order valence-electron chi connectivity index (χ2n) is 7.85. The fourth-order valence-electron chi connectivity index (χ4n) is 2.94. The van der Waals surface area contributed by atoms with Crippen LogP contribution < -0.4 is 5.32 Å². The Labute approximate surface area is 159 Å². The van der Waals surface area contributed by atoms with Crippen molar-refractivity contribution in [3.05, 3.63) is 52.3 Å². The molecule has 144 valence electrons. The quantitative estimate of drug-likeness (QED) is 0.870. The van der Waals surface area contributed by atoms with E-state index in [1.807, 2.05) is 52.0 Å². The molecular weight excluding hydrogens is 344 g/mol. The van der Waals surface area contributed by atoms with Crippen molar-refractivity contribution < 1.29 is 14.3 Å². The van der Waals surface area contributed by atoms with Crippen molar-refractivity contribution in [2.75, 3.05) is 6.54 Å². The van der Waals surface area contributed by atoms with E-state index in [4.69, 9.17) is 4.74 Å². The molecule has 7 heteroatoms. The molecule has 0 saturated carbocycles. The Balaban J connectivity index is 1.67. The molecule has 1 aromatic heterocycles. The Morgan fingerprint density at radius 3 is 2.63 bits per heavy atom. The molecule has 2 heterocycles. The Kier molecular flexibility index (Phi) is 5.21. The summed E-state index contributed by atoms with van der Waals surface area (Å²) in [7, 11) is 0. The van der Waals surface area contributed by atoms with E-state index in [1.54, 1.807) is 4.90 Å². The summed E-state index contributed by atoms with van der Waals surface area (Å²) in [4.78, 5) is 26.5. The van der Waals surface area contributed by atoms with Gasteiger partial charge < -0.3 is 15.0 Å². The van der Waals surface area contributed by atoms with E-state index in [1.165, 1.54) is 5.56 Å². The normalized spacial score (nSPS) is 13.9. The van der Waals surface area contributed by atoms with Crippen LogP contribution in [0.1, 0.15) is 53.6 Å². The highest BCUT2D eigenvalue weighted by atomic mass is 16.6. The van der Waals surface area contributed by atoms with Gasteiger partial charge in [-0.15, -0.1) is 0 Å². The highest BCUT2D eigenvalue weighted by Crippen LogP contribution is 2.22. The molecule has 7 nitrogen and oxygen atoms in total. The van der Waals surface area contributed by atoms with E-state index in [-0.39, 0.29) is 12.0 Å². The summed E-state index contributed by atoms with van der Waals surface area (Å²) >= 11 is 0. The number of nitrogens with zero attached hydrogens (tertiary/aromatic N) is 2. The number of ether oxygens (including phenoxy) is 1. The summed E-state index contributed by atoms with van der Waals surface area (Å²) in [6.07, 6.45) is 0.243. The van der Waals surface area contributed by atoms with Gasteiger partial charge in [-0.3, -0.25) is 9.89 Å². The average Bonchev–Trinajstić information content (AvgIpc) is 3.02. The SMILES string of the molecule is Cc1ccc(CNC(=O)c2n[nH]c3c2CN(C(=O)OC(C)(C)C)CC3)cc1. The zero-order chi connectivity index (χ0) is 19.6. The molecule has 2 amide bonds. The van der Waals surface area contributed by atoms with Gasteiger partial charge in [-0.2, -0.15) is 5.10 Å². The number of aromatic amines is 1. The summed E-state index contributed by atoms with van der Waals surface area (Å²) < 4.78 is 5.44. The summed E-state index contributed by atoms with van der Waals surface area (Å²) in [6.45, 7) is 8.81. The first-order chi connectivity index (χ1) is 12.7. The van der Waals surface area contributed by atoms with Crippen molar-refractivity contribution in [3.63, 3.8) is 0 Å². The van der Waals surface area contributed by atoms with Gasteiger partial charge in [0.25, 0.3) is 5.91 Å². The molecule has 0 saturated heterocycles. The number of carbonyl (C=O) groups excluding carboxylic acids is 2. The van der Waals surface area contributed by atoms with Crippen molar-refractivity contribution in [1.82, 2.24) is 20.4 Å². The topological polar surface area (TPSA) is 87.3 Å². The van der Waals surface area contributed by atoms with Crippen LogP contribution in [-0.2, 0) is 24.2 Å². The minimum atomic E-state index is -0.554. The molecule has 27 heavy (non-hydrogen) atoms. The molecule has 0 bridgehead atoms. The highest BCUT2D eigenvalue weighted by molar-refractivity contribution is 5.94. The highest BCUT2D eigenvalue weighted by Gasteiger charge is 2.30. The lowest BCUT2D eigenvalue weighted by Gasteiger charge is -2.30. The summed E-state index contributed by atoms with van der Waals surface area (Å²) in [6, 6.07) is 7.99. The van der Waals surface area contributed by atoms with Crippen molar-refractivity contribution in [2.24, 2.45) is 0 Å². The Hall–Kier alpha value is -2.83. The first-order valence-corrected chi connectivity index (χ1v) is 9.11. The zero-order valence-electron chi connectivity index (χ0n) is 16.3. The zero-order valence-corrected chi connectivity index (χ0v) is 16.3. The van der Waals surface area contributed by atoms with Crippen LogP contribution in [0.25, 0.3) is 0 Å². The maximum absolute atomic E-state index is 12.6. The monoisotopic (exact) mass is 370 g/mol. The Bertz CT molecular complexity index is 834. The van der Waals surface area contributed by atoms with Gasteiger partial charge in [-0.25, -0.2) is 4.79 Å². The Morgan fingerprint density at radius 2 is 1.96 bits per heavy atom. The minimum Gasteiger partial charge on any atom is -0.444 e. The molecule has 0 unspecified atom stereocenters. The van der Waals surface area contributed by atoms with Crippen LogP contribution in [0.5, 0.6) is 0 Å². The van der Waals surface area contributed by atoms with Gasteiger partial charge in [0, 0.05) is 30.8 Å². The predicted octanol–water partition coefficient (Wildman–Crippen LogP) is 2.94. The van der Waals surface area contributed by atoms with Crippen LogP contribution in [0.2, 0.25) is 0 Å². The van der Waals surface area contributed by atoms with Crippen molar-refractivity contribution in [3.8, 4) is 0 Å². The molecule has 2 aromatic rings. The van der Waals surface area contributed by atoms with Crippen LogP contribution in [0, 0.1) is 6.92 Å². The van der Waals surface area contributed by atoms with Crippen LogP contribution in [-0.4, -0.2) is 39.2 Å². The lowest BCUT2D eigenvalue weighted by Crippen LogP contribution is -2.40. The van der Waals surface area contributed by atoms with Gasteiger partial charge >= 0.3 is 6.09 Å². The number of aryl methyl sites for hydroxylation is 1. The van der Waals surface area contributed by atoms with Gasteiger partial charge in [0.05, 0.1) is 6.54 Å². The number of nitrogens with one attached hydrogen (secondary N) is 2. The second-order valence-corrected chi connectivity index (χ2v) is 7.85. The van der Waals surface area contributed by atoms with Gasteiger partial charge in [0.2, 0.25) is 0 Å². The molecule has 0 aliphatic carbocycles. The van der Waals surface area contributed by atoms with Gasteiger partial charge in [-0.1, -0.05) is 29.8 Å². The average molecular weight is 370 g/mol. The van der Waals surface area contributed by atoms with Crippen LogP contribution in [0.4, 0.5) is 4.79 Å². The number of carbonyl (C=O) groups is 2. The fourth-order valence-corrected chi connectivity index (χ4v) is 2.94. The molecule has 1 aromatic carbocycles. The number of H-pyrrole nitrogens is 1. The number of benzene rings is 1. The van der Waals surface area contributed by atoms with E-state index in [0.29, 0.717) is 31.7 Å². The summed E-state index contributed by atoms with van der Waals surface area (Å²) in [5, 5.41) is 10.0. The molecular formula is C20H26N4O3. The maximum atomic E-state index is 12.6. The fraction of sp³-hybridized carbons (Fsp3) is 0.450. The number of fused-ring (bicyclic) bond motifs is 1. The number of amides is 2. The third-order valence-corrected chi connectivity index (χ3v) is 4.37. The van der Waals surface area contributed by atoms with Crippen LogP contribution in [0.15, 0.2) is 24.3 Å². The molecule has 0 atom stereocenters. The van der Waals surface area contributed by atoms with Crippen molar-refractivity contribution in [1.29, 1.82) is 0 Å². The summed E-state index contributed by atoms with van der Waals surface area (Å²) in [5.41, 5.74) is 3.64. The lowest BCUT2D eigenvalue weighted by molar-refractivity contribution is 0.0222. The molecule has 0 fully saturated rings. The van der Waals surface area contributed by atoms with E-state index in [2.05, 4.69) is 15.5 Å². The maximum Gasteiger partial charge on any atom is 0.410 e. The molecule has 2 N–H and O–H groups in total. The molecule has 0 radical (unpaired) electrons. The second kappa shape index (κ2) is 7.42. The van der Waals surface area contributed by atoms with E-state index in [9.17, 15) is 9.59 Å². The van der Waals surface area contributed by atoms with Crippen LogP contribution >= 0.6 is 0 Å². The number of hydrogen-bond acceptors (Lipinski definition) is 4. The summed E-state index contributed by atoms with van der Waals surface area (Å²) in [5.74, 6) is -0.251. The third kappa shape index (κ3) is 4.67. The molecule has 1 aliphatic heterocycles. The molecule has 0 spiro atoms. The van der Waals surface area contributed by atoms with Crippen molar-refractivity contribution >= 4 is 12.0 Å².